The van der Waals surface area contributed by atoms with E-state index in [0.29, 0.717) is 25.5 Å². The highest BCUT2D eigenvalue weighted by Gasteiger charge is 2.30. The van der Waals surface area contributed by atoms with Crippen molar-refractivity contribution in [3.63, 3.8) is 0 Å². The van der Waals surface area contributed by atoms with E-state index < -0.39 is 5.41 Å². The highest BCUT2D eigenvalue weighted by atomic mass is 16.5. The molecule has 5 heteroatoms. The number of ketones is 1. The van der Waals surface area contributed by atoms with Crippen LogP contribution in [0.15, 0.2) is 0 Å². The maximum absolute atomic E-state index is 12.4. The number of carbonyl (C=O) groups is 2. The number of rotatable bonds is 13. The molecule has 5 nitrogen and oxygen atoms in total. The van der Waals surface area contributed by atoms with Gasteiger partial charge >= 0.3 is 0 Å². The Kier molecular flexibility index (Phi) is 10.5. The smallest absolute Gasteiger partial charge is 0.227 e. The molecule has 0 spiro atoms. The fraction of sp³-hybridized carbons (Fsp3) is 0.900. The topological polar surface area (TPSA) is 81.4 Å². The van der Waals surface area contributed by atoms with Gasteiger partial charge in [0.05, 0.1) is 17.6 Å². The minimum Gasteiger partial charge on any atom is -0.374 e. The minimum atomic E-state index is -0.577. The van der Waals surface area contributed by atoms with Gasteiger partial charge in [0, 0.05) is 18.4 Å². The van der Waals surface area contributed by atoms with E-state index >= 15 is 0 Å². The molecule has 1 amide bonds. The molecule has 1 atom stereocenters. The number of nitrogens with two attached hydrogens (primary N) is 1. The molecular formula is C20H40N2O3. The van der Waals surface area contributed by atoms with Crippen molar-refractivity contribution >= 4 is 11.7 Å². The molecule has 0 fully saturated rings. The third-order valence-corrected chi connectivity index (χ3v) is 4.59. The van der Waals surface area contributed by atoms with Crippen LogP contribution in [-0.4, -0.2) is 37.0 Å². The van der Waals surface area contributed by atoms with Crippen molar-refractivity contribution in [3.05, 3.63) is 0 Å². The fourth-order valence-corrected chi connectivity index (χ4v) is 2.59. The van der Waals surface area contributed by atoms with E-state index in [1.165, 1.54) is 0 Å². The summed E-state index contributed by atoms with van der Waals surface area (Å²) in [5, 5.41) is 2.99. The Balaban J connectivity index is 4.10. The third-order valence-electron chi connectivity index (χ3n) is 4.59. The van der Waals surface area contributed by atoms with Gasteiger partial charge in [0.2, 0.25) is 5.91 Å². The largest absolute Gasteiger partial charge is 0.374 e. The van der Waals surface area contributed by atoms with Crippen molar-refractivity contribution in [2.24, 2.45) is 23.0 Å². The first-order valence-corrected chi connectivity index (χ1v) is 9.59. The molecule has 1 unspecified atom stereocenters. The van der Waals surface area contributed by atoms with E-state index in [2.05, 4.69) is 5.32 Å². The van der Waals surface area contributed by atoms with E-state index in [4.69, 9.17) is 10.5 Å². The van der Waals surface area contributed by atoms with Gasteiger partial charge in [-0.05, 0) is 53.5 Å². The van der Waals surface area contributed by atoms with Gasteiger partial charge in [0.15, 0.2) is 0 Å². The fourth-order valence-electron chi connectivity index (χ4n) is 2.59. The van der Waals surface area contributed by atoms with Crippen LogP contribution in [0.1, 0.15) is 74.1 Å². The summed E-state index contributed by atoms with van der Waals surface area (Å²) < 4.78 is 5.89. The number of ether oxygens (including phenoxy) is 1. The summed E-state index contributed by atoms with van der Waals surface area (Å²) in [5.74, 6) is 0.522. The van der Waals surface area contributed by atoms with Crippen LogP contribution in [0.3, 0.4) is 0 Å². The number of hydrogen-bond donors (Lipinski definition) is 2. The van der Waals surface area contributed by atoms with Crippen LogP contribution >= 0.6 is 0 Å². The second-order valence-corrected chi connectivity index (χ2v) is 8.68. The van der Waals surface area contributed by atoms with Crippen LogP contribution in [0, 0.1) is 17.3 Å². The molecule has 0 radical (unpaired) electrons. The van der Waals surface area contributed by atoms with Crippen molar-refractivity contribution < 1.29 is 14.3 Å². The maximum atomic E-state index is 12.4. The normalized spacial score (nSPS) is 13.8. The molecule has 0 aromatic rings. The predicted octanol–water partition coefficient (Wildman–Crippen LogP) is 3.30. The number of nitrogens with one attached hydrogen (secondary N) is 1. The molecule has 0 aromatic heterocycles. The molecule has 0 aliphatic carbocycles. The van der Waals surface area contributed by atoms with E-state index in [0.717, 1.165) is 25.7 Å². The molecule has 0 bridgehead atoms. The van der Waals surface area contributed by atoms with E-state index in [9.17, 15) is 9.59 Å². The summed E-state index contributed by atoms with van der Waals surface area (Å²) in [6.45, 7) is 15.2. The molecule has 0 aliphatic heterocycles. The van der Waals surface area contributed by atoms with E-state index in [1.54, 1.807) is 0 Å². The molecule has 0 saturated carbocycles. The molecule has 3 N–H and O–H groups in total. The highest BCUT2D eigenvalue weighted by molar-refractivity contribution is 5.82. The van der Waals surface area contributed by atoms with E-state index in [1.807, 2.05) is 48.5 Å². The Morgan fingerprint density at radius 2 is 1.68 bits per heavy atom. The first-order valence-electron chi connectivity index (χ1n) is 9.59. The molecule has 0 saturated heterocycles. The number of hydrogen-bond acceptors (Lipinski definition) is 4. The number of Topliss-reactive ketones (excluding diaryl/α,β-unsaturated/α-hetero) is 1. The monoisotopic (exact) mass is 356 g/mol. The van der Waals surface area contributed by atoms with Crippen LogP contribution in [0.2, 0.25) is 0 Å². The minimum absolute atomic E-state index is 0.00218. The highest BCUT2D eigenvalue weighted by Crippen LogP contribution is 2.22. The van der Waals surface area contributed by atoms with Crippen molar-refractivity contribution in [3.8, 4) is 0 Å². The second kappa shape index (κ2) is 10.9. The zero-order valence-electron chi connectivity index (χ0n) is 17.4. The summed E-state index contributed by atoms with van der Waals surface area (Å²) in [6, 6.07) is 0. The molecule has 0 aromatic carbocycles. The Labute approximate surface area is 154 Å². The van der Waals surface area contributed by atoms with Crippen LogP contribution in [-0.2, 0) is 14.3 Å². The number of carbonyl (C=O) groups excluding carboxylic acids is 2. The lowest BCUT2D eigenvalue weighted by molar-refractivity contribution is -0.137. The van der Waals surface area contributed by atoms with Gasteiger partial charge in [-0.15, -0.1) is 0 Å². The summed E-state index contributed by atoms with van der Waals surface area (Å²) >= 11 is 0. The molecular weight excluding hydrogens is 316 g/mol. The van der Waals surface area contributed by atoms with Gasteiger partial charge in [-0.2, -0.15) is 0 Å². The summed E-state index contributed by atoms with van der Waals surface area (Å²) in [4.78, 5) is 24.2. The van der Waals surface area contributed by atoms with Crippen LogP contribution in [0.25, 0.3) is 0 Å². The lowest BCUT2D eigenvalue weighted by atomic mass is 9.92. The van der Waals surface area contributed by atoms with Gasteiger partial charge in [-0.3, -0.25) is 9.59 Å². The number of amides is 1. The molecule has 0 rings (SSSR count). The van der Waals surface area contributed by atoms with Crippen molar-refractivity contribution in [2.75, 3.05) is 19.7 Å². The van der Waals surface area contributed by atoms with Crippen LogP contribution in [0.4, 0.5) is 0 Å². The maximum Gasteiger partial charge on any atom is 0.227 e. The van der Waals surface area contributed by atoms with Gasteiger partial charge < -0.3 is 15.8 Å². The van der Waals surface area contributed by atoms with E-state index in [-0.39, 0.29) is 23.3 Å². The van der Waals surface area contributed by atoms with Gasteiger partial charge in [-0.25, -0.2) is 0 Å². The van der Waals surface area contributed by atoms with Gasteiger partial charge in [0.25, 0.3) is 0 Å². The van der Waals surface area contributed by atoms with Crippen LogP contribution < -0.4 is 11.1 Å². The molecule has 0 heterocycles. The quantitative estimate of drug-likeness (QED) is 0.496. The Morgan fingerprint density at radius 1 is 1.08 bits per heavy atom. The number of unbranched alkanes of at least 4 members (excludes halogenated alkanes) is 1. The first-order chi connectivity index (χ1) is 11.4. The SMILES string of the molecule is CC(C)C(=O)C(C)CCCCNC(=O)C(C)(C)COC(C)(C)CCN. The first kappa shape index (κ1) is 24.1. The van der Waals surface area contributed by atoms with Crippen molar-refractivity contribution in [2.45, 2.75) is 79.8 Å². The van der Waals surface area contributed by atoms with Crippen molar-refractivity contribution in [1.82, 2.24) is 5.32 Å². The third kappa shape index (κ3) is 9.95. The predicted molar refractivity (Wildman–Crippen MR) is 103 cm³/mol. The van der Waals surface area contributed by atoms with Crippen LogP contribution in [0.5, 0.6) is 0 Å². The summed E-state index contributed by atoms with van der Waals surface area (Å²) in [7, 11) is 0. The Hall–Kier alpha value is -0.940. The van der Waals surface area contributed by atoms with Gasteiger partial charge in [-0.1, -0.05) is 27.2 Å². The van der Waals surface area contributed by atoms with Gasteiger partial charge in [0.1, 0.15) is 5.78 Å². The Bertz CT molecular complexity index is 417. The zero-order valence-corrected chi connectivity index (χ0v) is 17.4. The van der Waals surface area contributed by atoms with Crippen molar-refractivity contribution in [1.29, 1.82) is 0 Å². The summed E-state index contributed by atoms with van der Waals surface area (Å²) in [6.07, 6.45) is 3.47. The second-order valence-electron chi connectivity index (χ2n) is 8.68. The molecule has 0 aliphatic rings. The lowest BCUT2D eigenvalue weighted by Crippen LogP contribution is -2.42. The average Bonchev–Trinajstić information content (AvgIpc) is 2.51. The lowest BCUT2D eigenvalue weighted by Gasteiger charge is -2.31. The molecule has 25 heavy (non-hydrogen) atoms. The summed E-state index contributed by atoms with van der Waals surface area (Å²) in [5.41, 5.74) is 4.69. The average molecular weight is 357 g/mol. The Morgan fingerprint density at radius 3 is 2.20 bits per heavy atom. The zero-order chi connectivity index (χ0) is 19.7. The standard InChI is InChI=1S/C20H40N2O3/c1-15(2)17(23)16(3)10-8-9-13-22-18(24)19(4,5)14-25-20(6,7)11-12-21/h15-16H,8-14,21H2,1-7H3,(H,22,24). The molecule has 148 valence electrons.